The number of carbonyl (C=O) groups excluding carboxylic acids is 2. The van der Waals surface area contributed by atoms with Crippen LogP contribution < -0.4 is 0 Å². The average molecular weight is 352 g/mol. The highest BCUT2D eigenvalue weighted by atomic mass is 16.5. The molecule has 0 aromatic heterocycles. The van der Waals surface area contributed by atoms with Crippen molar-refractivity contribution in [2.24, 2.45) is 0 Å². The van der Waals surface area contributed by atoms with Crippen molar-refractivity contribution >= 4 is 11.8 Å². The van der Waals surface area contributed by atoms with E-state index in [1.54, 1.807) is 0 Å². The Morgan fingerprint density at radius 2 is 1.96 bits per heavy atom. The summed E-state index contributed by atoms with van der Waals surface area (Å²) in [6.07, 6.45) is 2.98. The van der Waals surface area contributed by atoms with Crippen LogP contribution in [0.2, 0.25) is 0 Å². The van der Waals surface area contributed by atoms with Gasteiger partial charge in [0.2, 0.25) is 5.91 Å². The van der Waals surface area contributed by atoms with E-state index in [0.29, 0.717) is 19.7 Å². The van der Waals surface area contributed by atoms with Gasteiger partial charge in [-0.3, -0.25) is 14.5 Å². The zero-order valence-corrected chi connectivity index (χ0v) is 15.9. The molecule has 2 amide bonds. The Morgan fingerprint density at radius 1 is 1.24 bits per heavy atom. The Hall–Kier alpha value is -1.18. The number of piperazine rings is 1. The van der Waals surface area contributed by atoms with Gasteiger partial charge < -0.3 is 19.4 Å². The lowest BCUT2D eigenvalue weighted by molar-refractivity contribution is -0.158. The zero-order chi connectivity index (χ0) is 18.0. The topological polar surface area (TPSA) is 56.3 Å². The van der Waals surface area contributed by atoms with Crippen molar-refractivity contribution in [2.45, 2.75) is 37.3 Å². The standard InChI is InChI=1S/C18H32N4O3/c1-19(2)10-12-22-13-11-20(3)18(17(22)24)6-8-21(9-7-18)16(23)15-5-4-14-25-15/h15H,4-14H2,1-3H3. The van der Waals surface area contributed by atoms with Gasteiger partial charge in [-0.05, 0) is 46.8 Å². The van der Waals surface area contributed by atoms with E-state index in [2.05, 4.69) is 16.8 Å². The third kappa shape index (κ3) is 3.68. The molecule has 0 N–H and O–H groups in total. The second-order valence-electron chi connectivity index (χ2n) is 7.88. The quantitative estimate of drug-likeness (QED) is 0.705. The summed E-state index contributed by atoms with van der Waals surface area (Å²) in [5.74, 6) is 0.357. The Bertz CT molecular complexity index is 497. The monoisotopic (exact) mass is 352 g/mol. The second kappa shape index (κ2) is 7.60. The van der Waals surface area contributed by atoms with Crippen LogP contribution in [0.1, 0.15) is 25.7 Å². The van der Waals surface area contributed by atoms with E-state index in [1.165, 1.54) is 0 Å². The summed E-state index contributed by atoms with van der Waals surface area (Å²) in [5, 5.41) is 0. The van der Waals surface area contributed by atoms with Gasteiger partial charge in [0.1, 0.15) is 11.6 Å². The highest BCUT2D eigenvalue weighted by Crippen LogP contribution is 2.33. The molecule has 0 bridgehead atoms. The molecule has 3 rings (SSSR count). The molecule has 7 nitrogen and oxygen atoms in total. The first-order chi connectivity index (χ1) is 11.9. The van der Waals surface area contributed by atoms with E-state index in [-0.39, 0.29) is 17.9 Å². The summed E-state index contributed by atoms with van der Waals surface area (Å²) in [6, 6.07) is 0. The number of nitrogens with zero attached hydrogens (tertiary/aromatic N) is 4. The fourth-order valence-electron chi connectivity index (χ4n) is 4.25. The van der Waals surface area contributed by atoms with E-state index in [1.807, 2.05) is 23.9 Å². The molecule has 3 aliphatic rings. The van der Waals surface area contributed by atoms with Gasteiger partial charge in [-0.1, -0.05) is 0 Å². The Kier molecular flexibility index (Phi) is 5.65. The smallest absolute Gasteiger partial charge is 0.251 e. The first-order valence-corrected chi connectivity index (χ1v) is 9.50. The van der Waals surface area contributed by atoms with Gasteiger partial charge in [0.25, 0.3) is 5.91 Å². The third-order valence-corrected chi connectivity index (χ3v) is 6.05. The van der Waals surface area contributed by atoms with Crippen LogP contribution >= 0.6 is 0 Å². The maximum absolute atomic E-state index is 13.2. The summed E-state index contributed by atoms with van der Waals surface area (Å²) in [4.78, 5) is 34.0. The number of carbonyl (C=O) groups is 2. The number of hydrogen-bond acceptors (Lipinski definition) is 5. The number of piperidine rings is 1. The Labute approximate surface area is 150 Å². The highest BCUT2D eigenvalue weighted by molar-refractivity contribution is 5.88. The third-order valence-electron chi connectivity index (χ3n) is 6.05. The zero-order valence-electron chi connectivity index (χ0n) is 15.9. The van der Waals surface area contributed by atoms with Gasteiger partial charge in [0, 0.05) is 45.9 Å². The summed E-state index contributed by atoms with van der Waals surface area (Å²) < 4.78 is 5.54. The second-order valence-corrected chi connectivity index (χ2v) is 7.88. The predicted octanol–water partition coefficient (Wildman–Crippen LogP) is -0.138. The molecule has 1 atom stereocenters. The van der Waals surface area contributed by atoms with Crippen molar-refractivity contribution in [3.05, 3.63) is 0 Å². The summed E-state index contributed by atoms with van der Waals surface area (Å²) in [5.41, 5.74) is -0.433. The largest absolute Gasteiger partial charge is 0.368 e. The van der Waals surface area contributed by atoms with Crippen LogP contribution in [0.5, 0.6) is 0 Å². The van der Waals surface area contributed by atoms with Gasteiger partial charge in [-0.2, -0.15) is 0 Å². The molecule has 0 aromatic rings. The molecule has 1 spiro atoms. The maximum Gasteiger partial charge on any atom is 0.251 e. The first kappa shape index (κ1) is 18.6. The fraction of sp³-hybridized carbons (Fsp3) is 0.889. The van der Waals surface area contributed by atoms with Crippen LogP contribution in [0.4, 0.5) is 0 Å². The first-order valence-electron chi connectivity index (χ1n) is 9.50. The van der Waals surface area contributed by atoms with E-state index in [9.17, 15) is 9.59 Å². The predicted molar refractivity (Wildman–Crippen MR) is 95.3 cm³/mol. The van der Waals surface area contributed by atoms with Crippen LogP contribution in [-0.4, -0.2) is 110 Å². The molecule has 7 heteroatoms. The van der Waals surface area contributed by atoms with E-state index in [4.69, 9.17) is 4.74 Å². The highest BCUT2D eigenvalue weighted by Gasteiger charge is 2.50. The lowest BCUT2D eigenvalue weighted by Gasteiger charge is -2.51. The van der Waals surface area contributed by atoms with E-state index >= 15 is 0 Å². The maximum atomic E-state index is 13.2. The minimum absolute atomic E-state index is 0.114. The summed E-state index contributed by atoms with van der Waals surface area (Å²) in [6.45, 7) is 5.35. The number of rotatable bonds is 4. The van der Waals surface area contributed by atoms with Gasteiger partial charge >= 0.3 is 0 Å². The van der Waals surface area contributed by atoms with Crippen LogP contribution in [0.25, 0.3) is 0 Å². The van der Waals surface area contributed by atoms with Gasteiger partial charge in [-0.25, -0.2) is 0 Å². The molecular weight excluding hydrogens is 320 g/mol. The van der Waals surface area contributed by atoms with Crippen LogP contribution in [0, 0.1) is 0 Å². The molecular formula is C18H32N4O3. The summed E-state index contributed by atoms with van der Waals surface area (Å²) in [7, 11) is 6.12. The van der Waals surface area contributed by atoms with E-state index < -0.39 is 5.54 Å². The molecule has 3 saturated heterocycles. The molecule has 25 heavy (non-hydrogen) atoms. The average Bonchev–Trinajstić information content (AvgIpc) is 3.14. The van der Waals surface area contributed by atoms with Crippen LogP contribution in [0.3, 0.4) is 0 Å². The lowest BCUT2D eigenvalue weighted by atomic mass is 9.82. The normalized spacial score (nSPS) is 27.5. The molecule has 0 aromatic carbocycles. The molecule has 142 valence electrons. The van der Waals surface area contributed by atoms with Crippen molar-refractivity contribution in [3.63, 3.8) is 0 Å². The number of amides is 2. The Morgan fingerprint density at radius 3 is 2.56 bits per heavy atom. The van der Waals surface area contributed by atoms with Crippen molar-refractivity contribution in [2.75, 3.05) is 67.0 Å². The molecule has 3 heterocycles. The lowest BCUT2D eigenvalue weighted by Crippen LogP contribution is -2.68. The molecule has 0 aliphatic carbocycles. The van der Waals surface area contributed by atoms with Crippen molar-refractivity contribution < 1.29 is 14.3 Å². The number of likely N-dealkylation sites (tertiary alicyclic amines) is 1. The molecule has 0 saturated carbocycles. The van der Waals surface area contributed by atoms with Crippen LogP contribution in [0.15, 0.2) is 0 Å². The molecule has 3 aliphatic heterocycles. The van der Waals surface area contributed by atoms with Crippen molar-refractivity contribution in [3.8, 4) is 0 Å². The number of ether oxygens (including phenoxy) is 1. The number of likely N-dealkylation sites (N-methyl/N-ethyl adjacent to an activating group) is 2. The van der Waals surface area contributed by atoms with E-state index in [0.717, 1.165) is 51.9 Å². The molecule has 0 radical (unpaired) electrons. The van der Waals surface area contributed by atoms with Gasteiger partial charge in [0.05, 0.1) is 0 Å². The van der Waals surface area contributed by atoms with Gasteiger partial charge in [0.15, 0.2) is 0 Å². The van der Waals surface area contributed by atoms with Crippen LogP contribution in [-0.2, 0) is 14.3 Å². The minimum Gasteiger partial charge on any atom is -0.368 e. The minimum atomic E-state index is -0.433. The van der Waals surface area contributed by atoms with Crippen molar-refractivity contribution in [1.82, 2.24) is 19.6 Å². The SMILES string of the molecule is CN(C)CCN1CCN(C)C2(CCN(C(=O)C3CCCO3)CC2)C1=O. The number of hydrogen-bond donors (Lipinski definition) is 0. The summed E-state index contributed by atoms with van der Waals surface area (Å²) >= 11 is 0. The molecule has 3 fully saturated rings. The van der Waals surface area contributed by atoms with Gasteiger partial charge in [-0.15, -0.1) is 0 Å². The molecule has 1 unspecified atom stereocenters. The fourth-order valence-corrected chi connectivity index (χ4v) is 4.25. The van der Waals surface area contributed by atoms with Crippen molar-refractivity contribution in [1.29, 1.82) is 0 Å². The Balaban J connectivity index is 1.62.